The van der Waals surface area contributed by atoms with E-state index in [1.807, 2.05) is 72.9 Å². The summed E-state index contributed by atoms with van der Waals surface area (Å²) in [5.41, 5.74) is 2.19. The molecule has 0 saturated carbocycles. The van der Waals surface area contributed by atoms with Crippen LogP contribution in [0.15, 0.2) is 75.5 Å². The molecule has 4 heteroatoms. The smallest absolute Gasteiger partial charge is 0.193 e. The predicted octanol–water partition coefficient (Wildman–Crippen LogP) is 5.49. The van der Waals surface area contributed by atoms with Crippen LogP contribution < -0.4 is 0 Å². The Morgan fingerprint density at radius 2 is 1.59 bits per heavy atom. The van der Waals surface area contributed by atoms with E-state index in [9.17, 15) is 4.79 Å². The van der Waals surface area contributed by atoms with Crippen LogP contribution in [0.4, 0.5) is 5.69 Å². The number of aliphatic imine (C=N–C) groups is 1. The summed E-state index contributed by atoms with van der Waals surface area (Å²) in [4.78, 5) is 17.8. The van der Waals surface area contributed by atoms with Crippen LogP contribution in [0.2, 0.25) is 0 Å². The van der Waals surface area contributed by atoms with Crippen LogP contribution >= 0.6 is 27.3 Å². The van der Waals surface area contributed by atoms with Gasteiger partial charge in [0.05, 0.1) is 9.47 Å². The minimum Gasteiger partial charge on any atom is -0.289 e. The number of nitrogens with zero attached hydrogens (tertiary/aromatic N) is 1. The Labute approximate surface area is 141 Å². The number of benzene rings is 2. The molecule has 0 fully saturated rings. The average molecular weight is 370 g/mol. The molecule has 2 aromatic carbocycles. The van der Waals surface area contributed by atoms with Gasteiger partial charge in [0.1, 0.15) is 0 Å². The van der Waals surface area contributed by atoms with Crippen molar-refractivity contribution in [3.8, 4) is 0 Å². The molecule has 3 aromatic rings. The highest BCUT2D eigenvalue weighted by Crippen LogP contribution is 2.22. The van der Waals surface area contributed by atoms with E-state index in [2.05, 4.69) is 20.9 Å². The Morgan fingerprint density at radius 1 is 0.909 bits per heavy atom. The SMILES string of the molecule is O=C(c1ccccc1)c1ccc(N=Cc2ccc(Br)s2)cc1. The van der Waals surface area contributed by atoms with Gasteiger partial charge in [0.25, 0.3) is 0 Å². The van der Waals surface area contributed by atoms with E-state index in [0.717, 1.165) is 14.4 Å². The second kappa shape index (κ2) is 6.81. The zero-order chi connectivity index (χ0) is 15.4. The molecule has 3 rings (SSSR count). The van der Waals surface area contributed by atoms with Crippen molar-refractivity contribution in [2.24, 2.45) is 4.99 Å². The lowest BCUT2D eigenvalue weighted by atomic mass is 10.0. The number of rotatable bonds is 4. The van der Waals surface area contributed by atoms with Crippen molar-refractivity contribution in [1.29, 1.82) is 0 Å². The average Bonchev–Trinajstić information content (AvgIpc) is 2.99. The van der Waals surface area contributed by atoms with Crippen LogP contribution in [0.3, 0.4) is 0 Å². The van der Waals surface area contributed by atoms with E-state index in [1.54, 1.807) is 11.3 Å². The van der Waals surface area contributed by atoms with E-state index >= 15 is 0 Å². The molecule has 0 amide bonds. The Morgan fingerprint density at radius 3 is 2.23 bits per heavy atom. The van der Waals surface area contributed by atoms with Crippen molar-refractivity contribution >= 4 is 45.0 Å². The predicted molar refractivity (Wildman–Crippen MR) is 95.6 cm³/mol. The molecule has 0 atom stereocenters. The van der Waals surface area contributed by atoms with Gasteiger partial charge in [-0.3, -0.25) is 9.79 Å². The fourth-order valence-corrected chi connectivity index (χ4v) is 3.29. The molecular weight excluding hydrogens is 358 g/mol. The Balaban J connectivity index is 1.75. The van der Waals surface area contributed by atoms with Crippen LogP contribution in [-0.2, 0) is 0 Å². The lowest BCUT2D eigenvalue weighted by molar-refractivity contribution is 0.103. The van der Waals surface area contributed by atoms with E-state index in [1.165, 1.54) is 0 Å². The summed E-state index contributed by atoms with van der Waals surface area (Å²) in [5, 5.41) is 0. The van der Waals surface area contributed by atoms with Gasteiger partial charge in [-0.2, -0.15) is 0 Å². The number of thiophene rings is 1. The molecule has 2 nitrogen and oxygen atoms in total. The monoisotopic (exact) mass is 369 g/mol. The number of carbonyl (C=O) groups excluding carboxylic acids is 1. The van der Waals surface area contributed by atoms with Crippen molar-refractivity contribution in [3.63, 3.8) is 0 Å². The summed E-state index contributed by atoms with van der Waals surface area (Å²) in [5.74, 6) is 0.0262. The number of ketones is 1. The summed E-state index contributed by atoms with van der Waals surface area (Å²) in [6.45, 7) is 0. The first-order valence-electron chi connectivity index (χ1n) is 6.71. The summed E-state index contributed by atoms with van der Waals surface area (Å²) >= 11 is 5.05. The van der Waals surface area contributed by atoms with Gasteiger partial charge in [-0.15, -0.1) is 11.3 Å². The molecular formula is C18H12BrNOS. The maximum absolute atomic E-state index is 12.3. The normalized spacial score (nSPS) is 11.0. The fourth-order valence-electron chi connectivity index (χ4n) is 1.99. The van der Waals surface area contributed by atoms with Gasteiger partial charge in [-0.1, -0.05) is 30.3 Å². The largest absolute Gasteiger partial charge is 0.289 e. The highest BCUT2D eigenvalue weighted by Gasteiger charge is 2.07. The zero-order valence-electron chi connectivity index (χ0n) is 11.6. The van der Waals surface area contributed by atoms with Gasteiger partial charge >= 0.3 is 0 Å². The molecule has 22 heavy (non-hydrogen) atoms. The Kier molecular flexibility index (Phi) is 4.61. The van der Waals surface area contributed by atoms with Crippen LogP contribution in [0.1, 0.15) is 20.8 Å². The van der Waals surface area contributed by atoms with Gasteiger partial charge in [-0.05, 0) is 52.3 Å². The third kappa shape index (κ3) is 3.59. The van der Waals surface area contributed by atoms with E-state index in [0.29, 0.717) is 11.1 Å². The van der Waals surface area contributed by atoms with E-state index in [4.69, 9.17) is 0 Å². The highest BCUT2D eigenvalue weighted by molar-refractivity contribution is 9.11. The summed E-state index contributed by atoms with van der Waals surface area (Å²) < 4.78 is 1.08. The fraction of sp³-hybridized carbons (Fsp3) is 0. The summed E-state index contributed by atoms with van der Waals surface area (Å²) in [6, 6.07) is 20.6. The van der Waals surface area contributed by atoms with Crippen molar-refractivity contribution < 1.29 is 4.79 Å². The second-order valence-corrected chi connectivity index (χ2v) is 7.14. The van der Waals surface area contributed by atoms with Crippen molar-refractivity contribution in [3.05, 3.63) is 86.5 Å². The van der Waals surface area contributed by atoms with Crippen LogP contribution in [-0.4, -0.2) is 12.0 Å². The molecule has 0 unspecified atom stereocenters. The first-order valence-corrected chi connectivity index (χ1v) is 8.32. The molecule has 0 aliphatic rings. The van der Waals surface area contributed by atoms with Crippen LogP contribution in [0.5, 0.6) is 0 Å². The van der Waals surface area contributed by atoms with Crippen molar-refractivity contribution in [2.75, 3.05) is 0 Å². The first-order chi connectivity index (χ1) is 10.7. The lowest BCUT2D eigenvalue weighted by Crippen LogP contribution is -1.99. The standard InChI is InChI=1S/C18H12BrNOS/c19-17-11-10-16(22-17)12-20-15-8-6-14(7-9-15)18(21)13-4-2-1-3-5-13/h1-12H. The van der Waals surface area contributed by atoms with Crippen molar-refractivity contribution in [2.45, 2.75) is 0 Å². The minimum atomic E-state index is 0.0262. The summed E-state index contributed by atoms with van der Waals surface area (Å²) in [7, 11) is 0. The molecule has 108 valence electrons. The quantitative estimate of drug-likeness (QED) is 0.441. The Hall–Kier alpha value is -2.04. The molecule has 0 saturated heterocycles. The van der Waals surface area contributed by atoms with Crippen molar-refractivity contribution in [1.82, 2.24) is 0 Å². The molecule has 0 radical (unpaired) electrons. The van der Waals surface area contributed by atoms with E-state index < -0.39 is 0 Å². The summed E-state index contributed by atoms with van der Waals surface area (Å²) in [6.07, 6.45) is 1.82. The molecule has 0 aliphatic carbocycles. The number of hydrogen-bond donors (Lipinski definition) is 0. The second-order valence-electron chi connectivity index (χ2n) is 4.64. The number of carbonyl (C=O) groups is 1. The molecule has 0 N–H and O–H groups in total. The Bertz CT molecular complexity index is 807. The molecule has 0 bridgehead atoms. The molecule has 0 aliphatic heterocycles. The zero-order valence-corrected chi connectivity index (χ0v) is 14.0. The van der Waals surface area contributed by atoms with Crippen LogP contribution in [0.25, 0.3) is 0 Å². The molecule has 0 spiro atoms. The number of hydrogen-bond acceptors (Lipinski definition) is 3. The minimum absolute atomic E-state index is 0.0262. The maximum atomic E-state index is 12.3. The first kappa shape index (κ1) is 14.9. The van der Waals surface area contributed by atoms with Gasteiger partial charge in [0.2, 0.25) is 0 Å². The molecule has 1 aromatic heterocycles. The molecule has 1 heterocycles. The van der Waals surface area contributed by atoms with Gasteiger partial charge < -0.3 is 0 Å². The third-order valence-corrected chi connectivity index (χ3v) is 4.66. The van der Waals surface area contributed by atoms with Gasteiger partial charge in [0.15, 0.2) is 5.78 Å². The van der Waals surface area contributed by atoms with Gasteiger partial charge in [-0.25, -0.2) is 0 Å². The van der Waals surface area contributed by atoms with E-state index in [-0.39, 0.29) is 5.78 Å². The van der Waals surface area contributed by atoms with Gasteiger partial charge in [0, 0.05) is 22.2 Å². The lowest BCUT2D eigenvalue weighted by Gasteiger charge is -2.01. The third-order valence-electron chi connectivity index (χ3n) is 3.10. The maximum Gasteiger partial charge on any atom is 0.193 e. The topological polar surface area (TPSA) is 29.4 Å². The number of halogens is 1. The van der Waals surface area contributed by atoms with Crippen LogP contribution in [0, 0.1) is 0 Å². The highest BCUT2D eigenvalue weighted by atomic mass is 79.9.